The molecule has 1 aliphatic rings. The maximum Gasteiger partial charge on any atom is 0.320 e. The van der Waals surface area contributed by atoms with Crippen molar-refractivity contribution in [3.63, 3.8) is 0 Å². The number of urea groups is 1. The molecular formula is C17H24N6O2. The fourth-order valence-electron chi connectivity index (χ4n) is 2.75. The maximum atomic E-state index is 11.8. The van der Waals surface area contributed by atoms with Gasteiger partial charge < -0.3 is 19.6 Å². The van der Waals surface area contributed by atoms with E-state index in [9.17, 15) is 4.79 Å². The Morgan fingerprint density at radius 2 is 2.16 bits per heavy atom. The van der Waals surface area contributed by atoms with Gasteiger partial charge in [0.05, 0.1) is 0 Å². The largest absolute Gasteiger partial charge is 0.360 e. The number of hydrogen-bond donors (Lipinski definition) is 2. The van der Waals surface area contributed by atoms with Gasteiger partial charge in [-0.05, 0) is 38.6 Å². The van der Waals surface area contributed by atoms with E-state index in [0.29, 0.717) is 18.1 Å². The lowest BCUT2D eigenvalue weighted by Crippen LogP contribution is -2.30. The van der Waals surface area contributed by atoms with Crippen LogP contribution in [0.4, 0.5) is 16.4 Å². The van der Waals surface area contributed by atoms with Crippen LogP contribution in [0.15, 0.2) is 28.9 Å². The van der Waals surface area contributed by atoms with Crippen molar-refractivity contribution < 1.29 is 9.32 Å². The second kappa shape index (κ2) is 7.98. The van der Waals surface area contributed by atoms with Crippen molar-refractivity contribution in [3.8, 4) is 0 Å². The molecule has 8 heteroatoms. The summed E-state index contributed by atoms with van der Waals surface area (Å²) in [7, 11) is 2.15. The lowest BCUT2D eigenvalue weighted by atomic mass is 10.2. The molecule has 2 N–H and O–H groups in total. The van der Waals surface area contributed by atoms with Crippen molar-refractivity contribution in [2.75, 3.05) is 43.4 Å². The van der Waals surface area contributed by atoms with Crippen molar-refractivity contribution in [2.24, 2.45) is 0 Å². The van der Waals surface area contributed by atoms with Crippen LogP contribution in [0.5, 0.6) is 0 Å². The molecule has 2 amide bonds. The van der Waals surface area contributed by atoms with Gasteiger partial charge in [-0.3, -0.25) is 5.32 Å². The Labute approximate surface area is 147 Å². The van der Waals surface area contributed by atoms with Crippen LogP contribution in [0, 0.1) is 6.92 Å². The van der Waals surface area contributed by atoms with Gasteiger partial charge in [-0.2, -0.15) is 0 Å². The Hall–Kier alpha value is -2.61. The summed E-state index contributed by atoms with van der Waals surface area (Å²) in [5, 5.41) is 9.12. The van der Waals surface area contributed by atoms with Crippen LogP contribution in [-0.2, 0) is 6.54 Å². The average molecular weight is 344 g/mol. The number of aromatic nitrogens is 2. The summed E-state index contributed by atoms with van der Waals surface area (Å²) in [6.07, 6.45) is 2.95. The van der Waals surface area contributed by atoms with Gasteiger partial charge in [-0.1, -0.05) is 11.2 Å². The number of carbonyl (C=O) groups excluding carboxylic acids is 1. The Bertz CT molecular complexity index is 699. The Morgan fingerprint density at radius 3 is 2.88 bits per heavy atom. The number of pyridine rings is 1. The lowest BCUT2D eigenvalue weighted by Gasteiger charge is -2.21. The zero-order valence-corrected chi connectivity index (χ0v) is 14.7. The molecule has 1 fully saturated rings. The quantitative estimate of drug-likeness (QED) is 0.880. The van der Waals surface area contributed by atoms with E-state index >= 15 is 0 Å². The fraction of sp³-hybridized carbons (Fsp3) is 0.471. The van der Waals surface area contributed by atoms with E-state index in [1.807, 2.05) is 18.3 Å². The molecule has 1 aliphatic heterocycles. The van der Waals surface area contributed by atoms with E-state index in [1.54, 1.807) is 13.0 Å². The Kier molecular flexibility index (Phi) is 5.49. The first kappa shape index (κ1) is 17.2. The standard InChI is InChI=1S/C17H24N6O2/c1-13-10-15(21-25-13)20-17(24)19-12-14-4-5-16(18-11-14)23-7-3-6-22(2)8-9-23/h4-5,10-11H,3,6-9,12H2,1-2H3,(H2,19,20,21,24). The van der Waals surface area contributed by atoms with Crippen molar-refractivity contribution >= 4 is 17.7 Å². The first-order valence-electron chi connectivity index (χ1n) is 8.47. The molecule has 0 unspecified atom stereocenters. The third-order valence-electron chi connectivity index (χ3n) is 4.18. The maximum absolute atomic E-state index is 11.8. The summed E-state index contributed by atoms with van der Waals surface area (Å²) in [5.41, 5.74) is 0.946. The third kappa shape index (κ3) is 4.93. The van der Waals surface area contributed by atoms with Crippen LogP contribution in [0.2, 0.25) is 0 Å². The van der Waals surface area contributed by atoms with Gasteiger partial charge in [0.1, 0.15) is 11.6 Å². The molecule has 0 saturated carbocycles. The number of hydrogen-bond acceptors (Lipinski definition) is 6. The van der Waals surface area contributed by atoms with Crippen LogP contribution < -0.4 is 15.5 Å². The number of nitrogens with one attached hydrogen (secondary N) is 2. The number of rotatable bonds is 4. The van der Waals surface area contributed by atoms with Crippen molar-refractivity contribution in [2.45, 2.75) is 19.9 Å². The second-order valence-electron chi connectivity index (χ2n) is 6.30. The molecule has 0 radical (unpaired) electrons. The van der Waals surface area contributed by atoms with Crippen LogP contribution in [0.1, 0.15) is 17.7 Å². The average Bonchev–Trinajstić information content (AvgIpc) is 2.88. The highest BCUT2D eigenvalue weighted by Crippen LogP contribution is 2.14. The van der Waals surface area contributed by atoms with Crippen molar-refractivity contribution in [1.29, 1.82) is 0 Å². The summed E-state index contributed by atoms with van der Waals surface area (Å²) in [4.78, 5) is 21.0. The van der Waals surface area contributed by atoms with Gasteiger partial charge in [0.25, 0.3) is 0 Å². The minimum absolute atomic E-state index is 0.326. The van der Waals surface area contributed by atoms with E-state index in [-0.39, 0.29) is 6.03 Å². The molecule has 25 heavy (non-hydrogen) atoms. The summed E-state index contributed by atoms with van der Waals surface area (Å²) in [5.74, 6) is 2.03. The van der Waals surface area contributed by atoms with Crippen LogP contribution in [-0.4, -0.2) is 54.3 Å². The molecule has 0 aliphatic carbocycles. The number of amides is 2. The molecule has 0 bridgehead atoms. The van der Waals surface area contributed by atoms with Gasteiger partial charge in [0, 0.05) is 38.4 Å². The summed E-state index contributed by atoms with van der Waals surface area (Å²) in [6.45, 7) is 6.35. The molecule has 8 nitrogen and oxygen atoms in total. The van der Waals surface area contributed by atoms with Gasteiger partial charge in [-0.15, -0.1) is 0 Å². The van der Waals surface area contributed by atoms with E-state index < -0.39 is 0 Å². The molecule has 0 atom stereocenters. The van der Waals surface area contributed by atoms with E-state index in [1.165, 1.54) is 0 Å². The summed E-state index contributed by atoms with van der Waals surface area (Å²) in [6, 6.07) is 5.35. The summed E-state index contributed by atoms with van der Waals surface area (Å²) >= 11 is 0. The smallest absolute Gasteiger partial charge is 0.320 e. The Morgan fingerprint density at radius 1 is 1.28 bits per heavy atom. The minimum atomic E-state index is -0.326. The van der Waals surface area contributed by atoms with Crippen LogP contribution in [0.25, 0.3) is 0 Å². The number of carbonyl (C=O) groups is 1. The molecule has 1 saturated heterocycles. The molecule has 134 valence electrons. The van der Waals surface area contributed by atoms with Crippen molar-refractivity contribution in [3.05, 3.63) is 35.7 Å². The molecule has 3 heterocycles. The molecule has 3 rings (SSSR count). The topological polar surface area (TPSA) is 86.5 Å². The molecule has 0 spiro atoms. The highest BCUT2D eigenvalue weighted by Gasteiger charge is 2.13. The van der Waals surface area contributed by atoms with E-state index in [4.69, 9.17) is 4.52 Å². The van der Waals surface area contributed by atoms with Crippen LogP contribution >= 0.6 is 0 Å². The Balaban J connectivity index is 1.49. The first-order chi connectivity index (χ1) is 12.1. The minimum Gasteiger partial charge on any atom is -0.360 e. The monoisotopic (exact) mass is 344 g/mol. The number of anilines is 2. The van der Waals surface area contributed by atoms with Crippen LogP contribution in [0.3, 0.4) is 0 Å². The summed E-state index contributed by atoms with van der Waals surface area (Å²) < 4.78 is 4.90. The molecule has 0 aromatic carbocycles. The predicted molar refractivity (Wildman–Crippen MR) is 95.7 cm³/mol. The van der Waals surface area contributed by atoms with Gasteiger partial charge in [0.15, 0.2) is 5.82 Å². The highest BCUT2D eigenvalue weighted by molar-refractivity contribution is 5.88. The van der Waals surface area contributed by atoms with Gasteiger partial charge >= 0.3 is 6.03 Å². The van der Waals surface area contributed by atoms with Crippen molar-refractivity contribution in [1.82, 2.24) is 20.4 Å². The number of aryl methyl sites for hydroxylation is 1. The van der Waals surface area contributed by atoms with E-state index in [0.717, 1.165) is 44.0 Å². The number of likely N-dealkylation sites (N-methyl/N-ethyl adjacent to an activating group) is 1. The first-order valence-corrected chi connectivity index (χ1v) is 8.47. The zero-order chi connectivity index (χ0) is 17.6. The number of nitrogens with zero attached hydrogens (tertiary/aromatic N) is 4. The molecule has 2 aromatic heterocycles. The normalized spacial score (nSPS) is 15.7. The molecular weight excluding hydrogens is 320 g/mol. The highest BCUT2D eigenvalue weighted by atomic mass is 16.5. The zero-order valence-electron chi connectivity index (χ0n) is 14.7. The third-order valence-corrected chi connectivity index (χ3v) is 4.18. The van der Waals surface area contributed by atoms with Gasteiger partial charge in [0.2, 0.25) is 0 Å². The SMILES string of the molecule is Cc1cc(NC(=O)NCc2ccc(N3CCCN(C)CC3)nc2)no1. The lowest BCUT2D eigenvalue weighted by molar-refractivity contribution is 0.251. The van der Waals surface area contributed by atoms with Gasteiger partial charge in [-0.25, -0.2) is 9.78 Å². The predicted octanol–water partition coefficient (Wildman–Crippen LogP) is 1.84. The fourth-order valence-corrected chi connectivity index (χ4v) is 2.75. The second-order valence-corrected chi connectivity index (χ2v) is 6.30. The van der Waals surface area contributed by atoms with E-state index in [2.05, 4.69) is 37.6 Å². The molecule has 2 aromatic rings.